The summed E-state index contributed by atoms with van der Waals surface area (Å²) in [5.41, 5.74) is 1.05. The van der Waals surface area contributed by atoms with Gasteiger partial charge in [-0.1, -0.05) is 18.2 Å². The molecule has 1 atom stereocenters. The maximum atomic E-state index is 11.0. The van der Waals surface area contributed by atoms with E-state index >= 15 is 0 Å². The molecule has 0 aliphatic heterocycles. The molecular formula is C16H23NO3. The van der Waals surface area contributed by atoms with Crippen LogP contribution < -0.4 is 4.74 Å². The topological polar surface area (TPSA) is 49.8 Å². The first-order chi connectivity index (χ1) is 9.58. The Morgan fingerprint density at radius 2 is 2.05 bits per heavy atom. The van der Waals surface area contributed by atoms with E-state index in [1.807, 2.05) is 36.2 Å². The molecule has 1 N–H and O–H groups in total. The molecule has 4 heteroatoms. The summed E-state index contributed by atoms with van der Waals surface area (Å²) >= 11 is 0. The number of benzene rings is 1. The number of para-hydroxylation sites is 1. The number of likely N-dealkylation sites (N-methyl/N-ethyl adjacent to an activating group) is 1. The molecule has 0 bridgehead atoms. The normalized spacial score (nSPS) is 17.4. The molecule has 110 valence electrons. The molecular weight excluding hydrogens is 254 g/mol. The molecule has 0 radical (unpaired) electrons. The van der Waals surface area contributed by atoms with Gasteiger partial charge in [0.05, 0.1) is 6.10 Å². The van der Waals surface area contributed by atoms with Gasteiger partial charge in [-0.05, 0) is 45.7 Å². The lowest BCUT2D eigenvalue weighted by Crippen LogP contribution is -2.35. The van der Waals surface area contributed by atoms with Crippen LogP contribution in [0.5, 0.6) is 5.75 Å². The average molecular weight is 277 g/mol. The third-order valence-corrected chi connectivity index (χ3v) is 4.01. The summed E-state index contributed by atoms with van der Waals surface area (Å²) < 4.78 is 6.07. The number of carboxylic acid groups (broad SMARTS) is 1. The summed E-state index contributed by atoms with van der Waals surface area (Å²) in [6.07, 6.45) is 5.04. The third-order valence-electron chi connectivity index (χ3n) is 4.01. The fraction of sp³-hybridized carbons (Fsp3) is 0.562. The van der Waals surface area contributed by atoms with E-state index in [9.17, 15) is 4.79 Å². The van der Waals surface area contributed by atoms with Crippen molar-refractivity contribution in [2.45, 2.75) is 51.3 Å². The monoisotopic (exact) mass is 277 g/mol. The lowest BCUT2D eigenvalue weighted by Gasteiger charge is -2.23. The van der Waals surface area contributed by atoms with Gasteiger partial charge in [0.1, 0.15) is 11.8 Å². The lowest BCUT2D eigenvalue weighted by molar-refractivity contribution is -0.142. The van der Waals surface area contributed by atoms with Crippen molar-refractivity contribution in [3.05, 3.63) is 29.8 Å². The van der Waals surface area contributed by atoms with Crippen LogP contribution in [0, 0.1) is 0 Å². The number of aliphatic carboxylic acids is 1. The van der Waals surface area contributed by atoms with Crippen LogP contribution in [-0.4, -0.2) is 35.2 Å². The minimum Gasteiger partial charge on any atom is -0.490 e. The maximum absolute atomic E-state index is 11.0. The summed E-state index contributed by atoms with van der Waals surface area (Å²) in [5, 5.41) is 9.06. The Balaban J connectivity index is 2.05. The minimum absolute atomic E-state index is 0.318. The zero-order valence-corrected chi connectivity index (χ0v) is 12.2. The summed E-state index contributed by atoms with van der Waals surface area (Å²) in [7, 11) is 1.82. The minimum atomic E-state index is -0.804. The predicted octanol–water partition coefficient (Wildman–Crippen LogP) is 2.91. The quantitative estimate of drug-likeness (QED) is 0.868. The first kappa shape index (κ1) is 14.9. The molecule has 1 unspecified atom stereocenters. The second-order valence-corrected chi connectivity index (χ2v) is 5.56. The Morgan fingerprint density at radius 1 is 1.40 bits per heavy atom. The summed E-state index contributed by atoms with van der Waals surface area (Å²) in [4.78, 5) is 12.8. The van der Waals surface area contributed by atoms with Crippen molar-refractivity contribution < 1.29 is 14.6 Å². The van der Waals surface area contributed by atoms with E-state index < -0.39 is 12.0 Å². The van der Waals surface area contributed by atoms with Gasteiger partial charge in [0.15, 0.2) is 0 Å². The van der Waals surface area contributed by atoms with Crippen molar-refractivity contribution in [2.75, 3.05) is 7.05 Å². The van der Waals surface area contributed by atoms with E-state index in [0.717, 1.165) is 24.2 Å². The van der Waals surface area contributed by atoms with Crippen LogP contribution in [0.1, 0.15) is 38.2 Å². The van der Waals surface area contributed by atoms with Gasteiger partial charge in [-0.2, -0.15) is 0 Å². The zero-order valence-electron chi connectivity index (χ0n) is 12.2. The molecule has 1 aliphatic rings. The van der Waals surface area contributed by atoms with Gasteiger partial charge in [0, 0.05) is 12.1 Å². The molecule has 0 spiro atoms. The Kier molecular flexibility index (Phi) is 5.01. The predicted molar refractivity (Wildman–Crippen MR) is 77.9 cm³/mol. The van der Waals surface area contributed by atoms with E-state index in [-0.39, 0.29) is 0 Å². The Hall–Kier alpha value is -1.55. The molecule has 1 fully saturated rings. The van der Waals surface area contributed by atoms with Crippen LogP contribution in [0.15, 0.2) is 24.3 Å². The Labute approximate surface area is 120 Å². The second kappa shape index (κ2) is 6.75. The standard InChI is InChI=1S/C16H23NO3/c1-12(16(18)19)17(2)11-13-7-3-6-10-15(13)20-14-8-4-5-9-14/h3,6-7,10,12,14H,4-5,8-9,11H2,1-2H3,(H,18,19). The molecule has 1 saturated carbocycles. The largest absolute Gasteiger partial charge is 0.490 e. The maximum Gasteiger partial charge on any atom is 0.320 e. The molecule has 0 saturated heterocycles. The smallest absolute Gasteiger partial charge is 0.320 e. The van der Waals surface area contributed by atoms with Gasteiger partial charge in [-0.25, -0.2) is 0 Å². The SMILES string of the molecule is CC(C(=O)O)N(C)Cc1ccccc1OC1CCCC1. The number of carbonyl (C=O) groups is 1. The first-order valence-corrected chi connectivity index (χ1v) is 7.25. The molecule has 20 heavy (non-hydrogen) atoms. The zero-order chi connectivity index (χ0) is 14.5. The molecule has 1 aromatic carbocycles. The molecule has 0 heterocycles. The third kappa shape index (κ3) is 3.73. The van der Waals surface area contributed by atoms with Crippen molar-refractivity contribution in [3.8, 4) is 5.75 Å². The van der Waals surface area contributed by atoms with Crippen molar-refractivity contribution in [1.29, 1.82) is 0 Å². The Bertz CT molecular complexity index is 455. The highest BCUT2D eigenvalue weighted by molar-refractivity contribution is 5.72. The molecule has 0 amide bonds. The van der Waals surface area contributed by atoms with Gasteiger partial charge in [0.25, 0.3) is 0 Å². The highest BCUT2D eigenvalue weighted by Gasteiger charge is 2.20. The first-order valence-electron chi connectivity index (χ1n) is 7.25. The number of hydrogen-bond acceptors (Lipinski definition) is 3. The number of carboxylic acids is 1. The van der Waals surface area contributed by atoms with E-state index in [1.54, 1.807) is 6.92 Å². The van der Waals surface area contributed by atoms with Crippen molar-refractivity contribution in [3.63, 3.8) is 0 Å². The molecule has 2 rings (SSSR count). The van der Waals surface area contributed by atoms with Crippen LogP contribution in [0.4, 0.5) is 0 Å². The fourth-order valence-corrected chi connectivity index (χ4v) is 2.53. The summed E-state index contributed by atoms with van der Waals surface area (Å²) in [5.74, 6) is 0.0885. The van der Waals surface area contributed by atoms with E-state index in [0.29, 0.717) is 12.6 Å². The number of nitrogens with zero attached hydrogens (tertiary/aromatic N) is 1. The van der Waals surface area contributed by atoms with Gasteiger partial charge < -0.3 is 9.84 Å². The van der Waals surface area contributed by atoms with Crippen molar-refractivity contribution in [1.82, 2.24) is 4.90 Å². The van der Waals surface area contributed by atoms with Crippen LogP contribution >= 0.6 is 0 Å². The molecule has 1 aliphatic carbocycles. The summed E-state index contributed by atoms with van der Waals surface area (Å²) in [6, 6.07) is 7.42. The second-order valence-electron chi connectivity index (χ2n) is 5.56. The van der Waals surface area contributed by atoms with Gasteiger partial charge >= 0.3 is 5.97 Å². The molecule has 4 nitrogen and oxygen atoms in total. The fourth-order valence-electron chi connectivity index (χ4n) is 2.53. The Morgan fingerprint density at radius 3 is 2.70 bits per heavy atom. The summed E-state index contributed by atoms with van der Waals surface area (Å²) in [6.45, 7) is 2.28. The highest BCUT2D eigenvalue weighted by Crippen LogP contribution is 2.27. The number of ether oxygens (including phenoxy) is 1. The lowest BCUT2D eigenvalue weighted by atomic mass is 10.1. The van der Waals surface area contributed by atoms with E-state index in [1.165, 1.54) is 12.8 Å². The van der Waals surface area contributed by atoms with Crippen LogP contribution in [0.25, 0.3) is 0 Å². The molecule has 1 aromatic rings. The highest BCUT2D eigenvalue weighted by atomic mass is 16.5. The van der Waals surface area contributed by atoms with E-state index in [4.69, 9.17) is 9.84 Å². The van der Waals surface area contributed by atoms with Gasteiger partial charge in [-0.3, -0.25) is 9.69 Å². The van der Waals surface area contributed by atoms with Crippen LogP contribution in [-0.2, 0) is 11.3 Å². The average Bonchev–Trinajstić information content (AvgIpc) is 2.92. The van der Waals surface area contributed by atoms with E-state index in [2.05, 4.69) is 0 Å². The molecule has 0 aromatic heterocycles. The van der Waals surface area contributed by atoms with Crippen LogP contribution in [0.3, 0.4) is 0 Å². The number of rotatable bonds is 6. The van der Waals surface area contributed by atoms with Crippen molar-refractivity contribution in [2.24, 2.45) is 0 Å². The van der Waals surface area contributed by atoms with Crippen LogP contribution in [0.2, 0.25) is 0 Å². The van der Waals surface area contributed by atoms with Gasteiger partial charge in [0.2, 0.25) is 0 Å². The van der Waals surface area contributed by atoms with Gasteiger partial charge in [-0.15, -0.1) is 0 Å². The number of hydrogen-bond donors (Lipinski definition) is 1. The van der Waals surface area contributed by atoms with Crippen molar-refractivity contribution >= 4 is 5.97 Å².